The van der Waals surface area contributed by atoms with Gasteiger partial charge in [0.15, 0.2) is 5.96 Å². The molecule has 0 amide bonds. The zero-order valence-corrected chi connectivity index (χ0v) is 15.2. The van der Waals surface area contributed by atoms with Crippen LogP contribution in [0.3, 0.4) is 0 Å². The van der Waals surface area contributed by atoms with Crippen molar-refractivity contribution in [2.75, 3.05) is 26.8 Å². The van der Waals surface area contributed by atoms with E-state index in [1.165, 1.54) is 25.7 Å². The van der Waals surface area contributed by atoms with Gasteiger partial charge in [-0.05, 0) is 44.4 Å². The van der Waals surface area contributed by atoms with Crippen LogP contribution in [-0.4, -0.2) is 51.0 Å². The van der Waals surface area contributed by atoms with Crippen molar-refractivity contribution in [1.29, 1.82) is 0 Å². The molecular formula is C15H28IN3O2. The van der Waals surface area contributed by atoms with Crippen molar-refractivity contribution in [1.82, 2.24) is 10.6 Å². The second-order valence-electron chi connectivity index (χ2n) is 6.23. The van der Waals surface area contributed by atoms with Crippen LogP contribution in [0.1, 0.15) is 38.5 Å². The summed E-state index contributed by atoms with van der Waals surface area (Å²) in [5.74, 6) is 1.75. The molecule has 21 heavy (non-hydrogen) atoms. The highest BCUT2D eigenvalue weighted by atomic mass is 127. The lowest BCUT2D eigenvalue weighted by Gasteiger charge is -2.22. The highest BCUT2D eigenvalue weighted by molar-refractivity contribution is 14.0. The Morgan fingerprint density at radius 1 is 1.29 bits per heavy atom. The van der Waals surface area contributed by atoms with Crippen LogP contribution in [0.4, 0.5) is 0 Å². The molecule has 1 aliphatic carbocycles. The first-order chi connectivity index (χ1) is 9.85. The van der Waals surface area contributed by atoms with E-state index in [1.54, 1.807) is 0 Å². The molecule has 3 aliphatic rings. The molecule has 0 aromatic heterocycles. The second-order valence-corrected chi connectivity index (χ2v) is 6.23. The summed E-state index contributed by atoms with van der Waals surface area (Å²) in [6.07, 6.45) is 8.16. The monoisotopic (exact) mass is 409 g/mol. The Morgan fingerprint density at radius 2 is 2.14 bits per heavy atom. The van der Waals surface area contributed by atoms with Gasteiger partial charge in [-0.3, -0.25) is 4.99 Å². The van der Waals surface area contributed by atoms with Crippen LogP contribution in [0.15, 0.2) is 4.99 Å². The van der Waals surface area contributed by atoms with Gasteiger partial charge in [0.05, 0.1) is 18.2 Å². The first-order valence-corrected chi connectivity index (χ1v) is 8.05. The van der Waals surface area contributed by atoms with Gasteiger partial charge in [-0.1, -0.05) is 0 Å². The molecule has 2 aliphatic heterocycles. The maximum absolute atomic E-state index is 5.85. The molecule has 1 saturated carbocycles. The maximum Gasteiger partial charge on any atom is 0.191 e. The van der Waals surface area contributed by atoms with Crippen molar-refractivity contribution in [3.05, 3.63) is 0 Å². The van der Waals surface area contributed by atoms with E-state index in [4.69, 9.17) is 9.47 Å². The van der Waals surface area contributed by atoms with Crippen molar-refractivity contribution < 1.29 is 9.47 Å². The van der Waals surface area contributed by atoms with Gasteiger partial charge >= 0.3 is 0 Å². The largest absolute Gasteiger partial charge is 0.381 e. The van der Waals surface area contributed by atoms with Crippen LogP contribution in [-0.2, 0) is 9.47 Å². The van der Waals surface area contributed by atoms with Crippen LogP contribution in [0.5, 0.6) is 0 Å². The summed E-state index contributed by atoms with van der Waals surface area (Å²) >= 11 is 0. The number of hydrogen-bond donors (Lipinski definition) is 2. The minimum Gasteiger partial charge on any atom is -0.381 e. The maximum atomic E-state index is 5.85. The fourth-order valence-electron chi connectivity index (χ4n) is 3.08. The minimum atomic E-state index is 0. The molecule has 122 valence electrons. The van der Waals surface area contributed by atoms with Gasteiger partial charge in [0.25, 0.3) is 0 Å². The molecule has 5 nitrogen and oxygen atoms in total. The van der Waals surface area contributed by atoms with E-state index in [0.29, 0.717) is 18.2 Å². The number of halogens is 1. The third-order valence-electron chi connectivity index (χ3n) is 4.46. The number of ether oxygens (including phenoxy) is 2. The lowest BCUT2D eigenvalue weighted by molar-refractivity contribution is 0.0992. The molecular weight excluding hydrogens is 381 g/mol. The predicted molar refractivity (Wildman–Crippen MR) is 94.4 cm³/mol. The Kier molecular flexibility index (Phi) is 7.01. The fourth-order valence-corrected chi connectivity index (χ4v) is 3.08. The summed E-state index contributed by atoms with van der Waals surface area (Å²) in [6, 6.07) is 0.436. The number of fused-ring (bicyclic) bond motifs is 2. The SMILES string of the molecule is CN=C(NCCCOCC1CC1)NC1CC2CCC1O2.I. The topological polar surface area (TPSA) is 54.9 Å². The fraction of sp³-hybridized carbons (Fsp3) is 0.933. The number of hydrogen-bond acceptors (Lipinski definition) is 3. The van der Waals surface area contributed by atoms with Gasteiger partial charge in [0, 0.05) is 26.8 Å². The zero-order valence-electron chi connectivity index (χ0n) is 12.8. The number of guanidine groups is 1. The molecule has 3 unspecified atom stereocenters. The number of nitrogens with zero attached hydrogens (tertiary/aromatic N) is 1. The van der Waals surface area contributed by atoms with Gasteiger partial charge < -0.3 is 20.1 Å². The average molecular weight is 409 g/mol. The Hall–Kier alpha value is -0.0800. The molecule has 3 fully saturated rings. The third-order valence-corrected chi connectivity index (χ3v) is 4.46. The van der Waals surface area contributed by atoms with Crippen molar-refractivity contribution in [3.63, 3.8) is 0 Å². The summed E-state index contributed by atoms with van der Waals surface area (Å²) in [6.45, 7) is 2.71. The van der Waals surface area contributed by atoms with E-state index in [-0.39, 0.29) is 24.0 Å². The normalized spacial score (nSPS) is 31.1. The van der Waals surface area contributed by atoms with E-state index in [2.05, 4.69) is 15.6 Å². The van der Waals surface area contributed by atoms with E-state index in [9.17, 15) is 0 Å². The molecule has 0 radical (unpaired) electrons. The highest BCUT2D eigenvalue weighted by Gasteiger charge is 2.41. The van der Waals surface area contributed by atoms with Crippen LogP contribution in [0.25, 0.3) is 0 Å². The lowest BCUT2D eigenvalue weighted by Crippen LogP contribution is -2.47. The van der Waals surface area contributed by atoms with Gasteiger partial charge in [0.1, 0.15) is 0 Å². The molecule has 2 saturated heterocycles. The average Bonchev–Trinajstić information content (AvgIpc) is 3.05. The summed E-state index contributed by atoms with van der Waals surface area (Å²) < 4.78 is 11.5. The molecule has 6 heteroatoms. The van der Waals surface area contributed by atoms with Gasteiger partial charge in [0.2, 0.25) is 0 Å². The number of aliphatic imine (C=N–C) groups is 1. The standard InChI is InChI=1S/C15H27N3O2.HI/c1-16-15(17-7-2-8-19-10-11-3-4-11)18-13-9-12-5-6-14(13)20-12;/h11-14H,2-10H2,1H3,(H2,16,17,18);1H. The molecule has 2 heterocycles. The van der Waals surface area contributed by atoms with Gasteiger partial charge in [-0.15, -0.1) is 24.0 Å². The van der Waals surface area contributed by atoms with Crippen LogP contribution in [0.2, 0.25) is 0 Å². The lowest BCUT2D eigenvalue weighted by atomic mass is 9.96. The smallest absolute Gasteiger partial charge is 0.191 e. The summed E-state index contributed by atoms with van der Waals surface area (Å²) in [5, 5.41) is 6.85. The third kappa shape index (κ3) is 5.25. The van der Waals surface area contributed by atoms with Crippen molar-refractivity contribution >= 4 is 29.9 Å². The van der Waals surface area contributed by atoms with Crippen LogP contribution >= 0.6 is 24.0 Å². The molecule has 3 rings (SSSR count). The zero-order chi connectivity index (χ0) is 13.8. The van der Waals surface area contributed by atoms with Crippen LogP contribution < -0.4 is 10.6 Å². The number of rotatable bonds is 7. The quantitative estimate of drug-likeness (QED) is 0.292. The molecule has 2 N–H and O–H groups in total. The van der Waals surface area contributed by atoms with Crippen molar-refractivity contribution in [2.45, 2.75) is 56.8 Å². The second kappa shape index (κ2) is 8.53. The van der Waals surface area contributed by atoms with Crippen LogP contribution in [0, 0.1) is 5.92 Å². The minimum absolute atomic E-state index is 0. The first-order valence-electron chi connectivity index (χ1n) is 8.05. The Labute approximate surface area is 144 Å². The molecule has 3 atom stereocenters. The summed E-state index contributed by atoms with van der Waals surface area (Å²) in [7, 11) is 1.83. The van der Waals surface area contributed by atoms with Gasteiger partial charge in [-0.2, -0.15) is 0 Å². The van der Waals surface area contributed by atoms with E-state index < -0.39 is 0 Å². The molecule has 0 aromatic carbocycles. The van der Waals surface area contributed by atoms with Gasteiger partial charge in [-0.25, -0.2) is 0 Å². The highest BCUT2D eigenvalue weighted by Crippen LogP contribution is 2.34. The Bertz CT molecular complexity index is 350. The first kappa shape index (κ1) is 17.3. The Morgan fingerprint density at radius 3 is 2.76 bits per heavy atom. The summed E-state index contributed by atoms with van der Waals surface area (Å²) in [5.41, 5.74) is 0. The molecule has 0 spiro atoms. The summed E-state index contributed by atoms with van der Waals surface area (Å²) in [4.78, 5) is 4.29. The Balaban J connectivity index is 0.00000161. The van der Waals surface area contributed by atoms with E-state index >= 15 is 0 Å². The van der Waals surface area contributed by atoms with E-state index in [0.717, 1.165) is 44.5 Å². The van der Waals surface area contributed by atoms with Crippen molar-refractivity contribution in [2.24, 2.45) is 10.9 Å². The predicted octanol–water partition coefficient (Wildman–Crippen LogP) is 1.91. The van der Waals surface area contributed by atoms with E-state index in [1.807, 2.05) is 7.05 Å². The molecule has 2 bridgehead atoms. The number of nitrogens with one attached hydrogen (secondary N) is 2. The van der Waals surface area contributed by atoms with Crippen molar-refractivity contribution in [3.8, 4) is 0 Å². The molecule has 0 aromatic rings.